The van der Waals surface area contributed by atoms with E-state index in [4.69, 9.17) is 14.7 Å². The van der Waals surface area contributed by atoms with Crippen molar-refractivity contribution in [3.05, 3.63) is 216 Å². The van der Waals surface area contributed by atoms with Crippen molar-refractivity contribution in [2.45, 2.75) is 86.0 Å². The molecular weight excluding hydrogens is 846 g/mol. The minimum absolute atomic E-state index is 0.109. The first-order valence-corrected chi connectivity index (χ1v) is 25.3. The van der Waals surface area contributed by atoms with Gasteiger partial charge in [-0.05, 0) is 123 Å². The minimum atomic E-state index is -0.149. The molecule has 0 bridgehead atoms. The molecule has 9 aromatic rings. The van der Waals surface area contributed by atoms with Gasteiger partial charge in [-0.25, -0.2) is 0 Å². The van der Waals surface area contributed by atoms with Crippen LogP contribution in [0, 0.1) is 6.92 Å². The van der Waals surface area contributed by atoms with Crippen LogP contribution in [0.3, 0.4) is 0 Å². The van der Waals surface area contributed by atoms with Gasteiger partial charge in [0.25, 0.3) is 0 Å². The van der Waals surface area contributed by atoms with Crippen LogP contribution < -0.4 is 37.5 Å². The van der Waals surface area contributed by atoms with E-state index in [0.717, 1.165) is 39.7 Å². The maximum atomic E-state index is 7.55. The lowest BCUT2D eigenvalue weighted by Crippen LogP contribution is -2.76. The summed E-state index contributed by atoms with van der Waals surface area (Å²) in [6.45, 7) is 20.7. The van der Waals surface area contributed by atoms with Gasteiger partial charge in [0.1, 0.15) is 11.5 Å². The lowest BCUT2D eigenvalue weighted by Gasteiger charge is -2.38. The van der Waals surface area contributed by atoms with E-state index in [1.807, 2.05) is 18.3 Å². The molecule has 0 radical (unpaired) electrons. The molecule has 0 saturated heterocycles. The molecule has 2 aromatic heterocycles. The largest absolute Gasteiger partial charge is 0.458 e. The monoisotopic (exact) mass is 909 g/mol. The minimum Gasteiger partial charge on any atom is -0.458 e. The van der Waals surface area contributed by atoms with E-state index >= 15 is 0 Å². The number of hydrogen-bond acceptors (Lipinski definition) is 3. The number of pyridine rings is 2. The molecule has 0 unspecified atom stereocenters. The zero-order valence-corrected chi connectivity index (χ0v) is 42.2. The Kier molecular flexibility index (Phi) is 13.0. The summed E-state index contributed by atoms with van der Waals surface area (Å²) in [6.07, 6.45) is 1.85. The molecule has 1 aliphatic heterocycles. The summed E-state index contributed by atoms with van der Waals surface area (Å²) in [6, 6.07) is 66.7. The molecule has 3 nitrogen and oxygen atoms in total. The van der Waals surface area contributed by atoms with E-state index in [9.17, 15) is 0 Å². The van der Waals surface area contributed by atoms with Crippen molar-refractivity contribution in [1.29, 1.82) is 0 Å². The molecule has 0 atom stereocenters. The highest BCUT2D eigenvalue weighted by Crippen LogP contribution is 2.34. The summed E-state index contributed by atoms with van der Waals surface area (Å²) in [7, 11) is 0. The zero-order chi connectivity index (χ0) is 48.6. The lowest BCUT2D eigenvalue weighted by molar-refractivity contribution is 0.487. The summed E-state index contributed by atoms with van der Waals surface area (Å²) in [5.41, 5.74) is 23.2. The Morgan fingerprint density at radius 2 is 0.857 bits per heavy atom. The van der Waals surface area contributed by atoms with Gasteiger partial charge in [0, 0.05) is 23.0 Å². The van der Waals surface area contributed by atoms with Gasteiger partial charge in [-0.1, -0.05) is 222 Å². The third-order valence-electron chi connectivity index (χ3n) is 14.4. The highest BCUT2D eigenvalue weighted by molar-refractivity contribution is 7.12. The molecular formula is C65H62B2N2O. The topological polar surface area (TPSA) is 35.0 Å². The van der Waals surface area contributed by atoms with Crippen LogP contribution in [0.15, 0.2) is 188 Å². The number of rotatable bonds is 12. The first-order chi connectivity index (χ1) is 33.9. The second kappa shape index (κ2) is 19.6. The molecule has 1 aliphatic rings. The third kappa shape index (κ3) is 8.95. The Morgan fingerprint density at radius 3 is 1.39 bits per heavy atom. The fourth-order valence-corrected chi connectivity index (χ4v) is 11.1. The third-order valence-corrected chi connectivity index (χ3v) is 14.4. The molecule has 70 heavy (non-hydrogen) atoms. The molecule has 0 amide bonds. The number of benzene rings is 7. The second-order valence-corrected chi connectivity index (χ2v) is 20.5. The Bertz CT molecular complexity index is 3270. The van der Waals surface area contributed by atoms with Gasteiger partial charge in [0.2, 0.25) is 13.4 Å². The predicted octanol–water partition coefficient (Wildman–Crippen LogP) is 13.1. The van der Waals surface area contributed by atoms with Crippen molar-refractivity contribution in [2.24, 2.45) is 0 Å². The van der Waals surface area contributed by atoms with Crippen LogP contribution >= 0.6 is 0 Å². The van der Waals surface area contributed by atoms with Crippen LogP contribution in [0.1, 0.15) is 107 Å². The van der Waals surface area contributed by atoms with E-state index in [1.54, 1.807) is 0 Å². The Balaban J connectivity index is 1.34. The number of hydrogen-bond donors (Lipinski definition) is 0. The fourth-order valence-electron chi connectivity index (χ4n) is 11.1. The van der Waals surface area contributed by atoms with E-state index < -0.39 is 0 Å². The summed E-state index contributed by atoms with van der Waals surface area (Å²) in [4.78, 5) is 9.94. The molecule has 344 valence electrons. The van der Waals surface area contributed by atoms with Crippen LogP contribution in [-0.4, -0.2) is 23.4 Å². The molecule has 5 heteroatoms. The quantitative estimate of drug-likeness (QED) is 0.115. The van der Waals surface area contributed by atoms with Gasteiger partial charge in [0.15, 0.2) is 0 Å². The Labute approximate surface area is 417 Å². The Morgan fingerprint density at radius 1 is 0.371 bits per heavy atom. The van der Waals surface area contributed by atoms with Crippen molar-refractivity contribution in [3.63, 3.8) is 0 Å². The number of ether oxygens (including phenoxy) is 1. The van der Waals surface area contributed by atoms with Crippen molar-refractivity contribution in [1.82, 2.24) is 9.97 Å². The van der Waals surface area contributed by atoms with Gasteiger partial charge < -0.3 is 4.74 Å². The van der Waals surface area contributed by atoms with E-state index in [0.29, 0.717) is 0 Å². The molecule has 0 fully saturated rings. The van der Waals surface area contributed by atoms with Crippen LogP contribution in [0.5, 0.6) is 11.5 Å². The molecule has 0 N–H and O–H groups in total. The first-order valence-electron chi connectivity index (χ1n) is 25.3. The molecule has 10 rings (SSSR count). The number of nitrogens with zero attached hydrogens (tertiary/aromatic N) is 2. The predicted molar refractivity (Wildman–Crippen MR) is 300 cm³/mol. The highest BCUT2D eigenvalue weighted by atomic mass is 16.5. The average Bonchev–Trinajstić information content (AvgIpc) is 3.38. The van der Waals surface area contributed by atoms with Crippen molar-refractivity contribution in [3.8, 4) is 56.3 Å². The maximum Gasteiger partial charge on any atom is 0.245 e. The lowest BCUT2D eigenvalue weighted by atomic mass is 9.19. The van der Waals surface area contributed by atoms with Gasteiger partial charge in [0.05, 0.1) is 11.4 Å². The van der Waals surface area contributed by atoms with Crippen LogP contribution in [-0.2, 0) is 0 Å². The van der Waals surface area contributed by atoms with Gasteiger partial charge in [-0.3, -0.25) is 9.97 Å². The number of aromatic nitrogens is 2. The summed E-state index contributed by atoms with van der Waals surface area (Å²) in [5, 5.41) is 0. The first kappa shape index (κ1) is 46.5. The van der Waals surface area contributed by atoms with Crippen LogP contribution in [0.4, 0.5) is 0 Å². The molecule has 0 spiro atoms. The highest BCUT2D eigenvalue weighted by Gasteiger charge is 2.45. The fraction of sp³-hybridized carbons (Fsp3) is 0.200. The molecule has 7 aromatic carbocycles. The maximum absolute atomic E-state index is 7.55. The smallest absolute Gasteiger partial charge is 0.245 e. The van der Waals surface area contributed by atoms with Gasteiger partial charge in [-0.15, -0.1) is 0 Å². The van der Waals surface area contributed by atoms with Gasteiger partial charge in [-0.2, -0.15) is 0 Å². The normalized spacial score (nSPS) is 12.2. The Hall–Kier alpha value is -7.23. The van der Waals surface area contributed by atoms with Crippen LogP contribution in [0.25, 0.3) is 44.8 Å². The SMILES string of the molecule is Cc1cccc(-c2cc(Oc3cccc(-c4ccccn4)c3)c3c(c2)B(c2c(C(C)C)cc(-c4ccccc4)cc2C(C)C)c2ccccc2B3c2c(C(C)C)cc(-c3ccccc3)cc2C(C)C)n1. The van der Waals surface area contributed by atoms with E-state index in [2.05, 4.69) is 232 Å². The van der Waals surface area contributed by atoms with Crippen molar-refractivity contribution in [2.75, 3.05) is 0 Å². The number of fused-ring (bicyclic) bond motifs is 2. The number of aryl methyl sites for hydroxylation is 1. The second-order valence-electron chi connectivity index (χ2n) is 20.5. The van der Waals surface area contributed by atoms with E-state index in [1.165, 1.54) is 77.3 Å². The summed E-state index contributed by atoms with van der Waals surface area (Å²) < 4.78 is 7.55. The molecule has 0 aliphatic carbocycles. The van der Waals surface area contributed by atoms with Crippen molar-refractivity contribution < 1.29 is 4.74 Å². The standard InChI is InChI=1S/C65H62B2N2O/c1-41(2)53-35-49(46-23-12-10-13-24-46)36-54(42(3)4)63(53)66-57-29-16-17-30-58(57)67(64-55(43(5)6)37-50(38-56(64)44(7)8)47-25-14-11-15-26-47)65-59(66)39-51(61-32-20-22-45(9)69-61)40-62(65)70-52-28-21-27-48(34-52)60-31-18-19-33-68-60/h10-44H,1-9H3. The molecule has 3 heterocycles. The van der Waals surface area contributed by atoms with Gasteiger partial charge >= 0.3 is 0 Å². The summed E-state index contributed by atoms with van der Waals surface area (Å²) in [5.74, 6) is 2.59. The van der Waals surface area contributed by atoms with Crippen molar-refractivity contribution >= 4 is 46.2 Å². The zero-order valence-electron chi connectivity index (χ0n) is 42.2. The average molecular weight is 909 g/mol. The summed E-state index contributed by atoms with van der Waals surface area (Å²) >= 11 is 0. The molecule has 0 saturated carbocycles. The van der Waals surface area contributed by atoms with Crippen LogP contribution in [0.2, 0.25) is 0 Å². The van der Waals surface area contributed by atoms with E-state index in [-0.39, 0.29) is 37.1 Å².